The van der Waals surface area contributed by atoms with Crippen molar-refractivity contribution in [2.45, 2.75) is 34.2 Å². The summed E-state index contributed by atoms with van der Waals surface area (Å²) in [6.45, 7) is 8.50. The fraction of sp³-hybridized carbons (Fsp3) is 0.500. The van der Waals surface area contributed by atoms with Crippen molar-refractivity contribution in [3.05, 3.63) is 12.3 Å². The summed E-state index contributed by atoms with van der Waals surface area (Å²) >= 11 is 0. The summed E-state index contributed by atoms with van der Waals surface area (Å²) in [6, 6.07) is 0. The Labute approximate surface area is 134 Å². The van der Waals surface area contributed by atoms with Crippen LogP contribution in [0.25, 0.3) is 0 Å². The number of anilines is 2. The van der Waals surface area contributed by atoms with Gasteiger partial charge < -0.3 is 15.4 Å². The monoisotopic (exact) mass is 369 g/mol. The topological polar surface area (TPSA) is 71.8 Å². The van der Waals surface area contributed by atoms with Crippen LogP contribution in [0.4, 0.5) is 11.9 Å². The number of allylic oxidation sites excluding steroid dienone is 1. The quantitative estimate of drug-likeness (QED) is 0.613. The van der Waals surface area contributed by atoms with Crippen LogP contribution in [0.5, 0.6) is 0 Å². The molecule has 0 aromatic carbocycles. The van der Waals surface area contributed by atoms with E-state index in [1.807, 2.05) is 33.8 Å². The Balaban J connectivity index is 0. The number of hydrogen-bond donors (Lipinski definition) is 2. The number of aryl methyl sites for hydroxylation is 1. The first kappa shape index (κ1) is 18.8. The average Bonchev–Trinajstić information content (AvgIpc) is 2.72. The molecule has 0 bridgehead atoms. The van der Waals surface area contributed by atoms with Gasteiger partial charge in [0.2, 0.25) is 5.95 Å². The van der Waals surface area contributed by atoms with Crippen LogP contribution in [0.2, 0.25) is 0 Å². The first-order valence-corrected chi connectivity index (χ1v) is 5.27. The van der Waals surface area contributed by atoms with Gasteiger partial charge in [0.15, 0.2) is 0 Å². The van der Waals surface area contributed by atoms with E-state index in [0.717, 1.165) is 0 Å². The predicted molar refractivity (Wildman–Crippen MR) is 64.8 cm³/mol. The third-order valence-electron chi connectivity index (χ3n) is 1.51. The van der Waals surface area contributed by atoms with Crippen molar-refractivity contribution in [3.63, 3.8) is 0 Å². The maximum Gasteiger partial charge on any atom is 0.207 e. The summed E-state index contributed by atoms with van der Waals surface area (Å²) in [4.78, 5) is 14.1. The molecular weight excluding hydrogens is 351 g/mol. The van der Waals surface area contributed by atoms with E-state index in [9.17, 15) is 4.79 Å². The van der Waals surface area contributed by atoms with Crippen molar-refractivity contribution in [1.82, 2.24) is 14.8 Å². The Morgan fingerprint density at radius 3 is 2.59 bits per heavy atom. The minimum atomic E-state index is 0. The van der Waals surface area contributed by atoms with Gasteiger partial charge in [0.1, 0.15) is 0 Å². The molecule has 17 heavy (non-hydrogen) atoms. The summed E-state index contributed by atoms with van der Waals surface area (Å²) in [7, 11) is 0. The molecule has 1 aromatic heterocycles. The van der Waals surface area contributed by atoms with Gasteiger partial charge in [-0.05, 0) is 20.0 Å². The van der Waals surface area contributed by atoms with Gasteiger partial charge in [-0.15, -0.1) is 0 Å². The Bertz CT molecular complexity index is 337. The van der Waals surface area contributed by atoms with Crippen LogP contribution >= 0.6 is 0 Å². The number of amides is 1. The van der Waals surface area contributed by atoms with Crippen molar-refractivity contribution in [2.75, 3.05) is 10.6 Å². The largest absolute Gasteiger partial charge is 0.459 e. The first-order valence-electron chi connectivity index (χ1n) is 5.27. The smallest absolute Gasteiger partial charge is 0.207 e. The van der Waals surface area contributed by atoms with Crippen LogP contribution in [0.1, 0.15) is 27.7 Å². The predicted octanol–water partition coefficient (Wildman–Crippen LogP) is 1.75. The van der Waals surface area contributed by atoms with E-state index in [0.29, 0.717) is 12.5 Å². The molecular formula is C10H18N5OPm-. The summed E-state index contributed by atoms with van der Waals surface area (Å²) in [5.74, 6) is 0.831. The van der Waals surface area contributed by atoms with E-state index in [1.165, 1.54) is 6.41 Å². The number of carbonyl (C=O) groups excluding carboxylic acids is 1. The Kier molecular flexibility index (Phi) is 13.3. The first-order chi connectivity index (χ1) is 7.81. The zero-order valence-electron chi connectivity index (χ0n) is 10.6. The zero-order chi connectivity index (χ0) is 12.4. The Morgan fingerprint density at radius 2 is 2.12 bits per heavy atom. The summed E-state index contributed by atoms with van der Waals surface area (Å²) in [5, 5.41) is 9.20. The normalized spacial score (nSPS) is 8.94. The van der Waals surface area contributed by atoms with Gasteiger partial charge in [0.05, 0.1) is 12.4 Å². The van der Waals surface area contributed by atoms with Gasteiger partial charge in [0, 0.05) is 46.9 Å². The summed E-state index contributed by atoms with van der Waals surface area (Å²) in [6.07, 6.45) is 5.10. The molecule has 0 unspecified atom stereocenters. The number of nitrogens with zero attached hydrogens (tertiary/aromatic N) is 3. The molecule has 0 aliphatic carbocycles. The second-order valence-corrected chi connectivity index (χ2v) is 2.45. The molecule has 1 heterocycles. The van der Waals surface area contributed by atoms with E-state index in [4.69, 9.17) is 0 Å². The molecule has 2 N–H and O–H groups in total. The average molecular weight is 369 g/mol. The van der Waals surface area contributed by atoms with Crippen LogP contribution in [-0.4, -0.2) is 21.2 Å². The molecule has 0 aliphatic heterocycles. The van der Waals surface area contributed by atoms with Gasteiger partial charge >= 0.3 is 0 Å². The molecule has 0 aliphatic rings. The molecule has 7 heteroatoms. The van der Waals surface area contributed by atoms with Crippen LogP contribution in [0.3, 0.4) is 0 Å². The molecule has 0 spiro atoms. The fourth-order valence-electron chi connectivity index (χ4n) is 0.926. The van der Waals surface area contributed by atoms with Gasteiger partial charge in [0.25, 0.3) is 0 Å². The van der Waals surface area contributed by atoms with E-state index in [2.05, 4.69) is 20.7 Å². The molecule has 1 aromatic rings. The molecule has 6 nitrogen and oxygen atoms in total. The van der Waals surface area contributed by atoms with E-state index >= 15 is 0 Å². The van der Waals surface area contributed by atoms with Gasteiger partial charge in [-0.2, -0.15) is 0 Å². The summed E-state index contributed by atoms with van der Waals surface area (Å²) in [5.41, 5.74) is 0. The number of nitrogens with one attached hydrogen (secondary N) is 2. The number of aromatic nitrogens is 3. The maximum atomic E-state index is 10.0. The number of hydrogen-bond acceptors (Lipinski definition) is 4. The third kappa shape index (κ3) is 6.71. The van der Waals surface area contributed by atoms with Crippen LogP contribution < -0.4 is 10.6 Å². The Hall–Kier alpha value is -0.512. The van der Waals surface area contributed by atoms with Crippen LogP contribution in [0.15, 0.2) is 12.3 Å². The van der Waals surface area contributed by atoms with Gasteiger partial charge in [-0.3, -0.25) is 4.98 Å². The minimum absolute atomic E-state index is 0. The van der Waals surface area contributed by atoms with Crippen LogP contribution in [0, 0.1) is 40.4 Å². The zero-order valence-corrected chi connectivity index (χ0v) is 13.4. The molecule has 1 amide bonds. The molecule has 1 radical (unpaired) electrons. The van der Waals surface area contributed by atoms with Crippen molar-refractivity contribution in [2.24, 2.45) is 0 Å². The van der Waals surface area contributed by atoms with Gasteiger partial charge in [-0.1, -0.05) is 19.9 Å². The van der Waals surface area contributed by atoms with Gasteiger partial charge in [-0.25, -0.2) is 9.78 Å². The van der Waals surface area contributed by atoms with Crippen LogP contribution in [-0.2, 0) is 11.3 Å². The molecule has 0 saturated heterocycles. The molecule has 0 atom stereocenters. The summed E-state index contributed by atoms with van der Waals surface area (Å²) < 4.78 is 1.64. The fourth-order valence-corrected chi connectivity index (χ4v) is 0.926. The SMILES string of the molecule is C/C=C\Nc1nc(N[C-]=O)nn1CC.CC.[Pm]. The second-order valence-electron chi connectivity index (χ2n) is 2.45. The van der Waals surface area contributed by atoms with E-state index < -0.39 is 0 Å². The van der Waals surface area contributed by atoms with Crippen molar-refractivity contribution < 1.29 is 45.2 Å². The maximum absolute atomic E-state index is 10.0. The molecule has 0 saturated carbocycles. The minimum Gasteiger partial charge on any atom is -0.459 e. The molecule has 95 valence electrons. The Morgan fingerprint density at radius 1 is 1.47 bits per heavy atom. The van der Waals surface area contributed by atoms with E-state index in [1.54, 1.807) is 10.9 Å². The van der Waals surface area contributed by atoms with E-state index in [-0.39, 0.29) is 46.3 Å². The van der Waals surface area contributed by atoms with Crippen molar-refractivity contribution >= 4 is 18.3 Å². The standard InChI is InChI=1S/C8H12N5O.C2H6.Pm/c1-3-5-9-8-11-7(10-6-14)12-13(8)4-2;1-2;/h3,5H,4H2,1-2H3,(H2,9,10,11,12,14);1-2H3;/q-1;;/b5-3-;;. The third-order valence-corrected chi connectivity index (χ3v) is 1.51. The second kappa shape index (κ2) is 12.0. The van der Waals surface area contributed by atoms with Crippen molar-refractivity contribution in [3.8, 4) is 0 Å². The molecule has 1 rings (SSSR count). The number of rotatable bonds is 5. The van der Waals surface area contributed by atoms with Crippen molar-refractivity contribution in [1.29, 1.82) is 0 Å². The molecule has 0 fully saturated rings.